The van der Waals surface area contributed by atoms with Gasteiger partial charge >= 0.3 is 0 Å². The molecule has 4 nitrogen and oxygen atoms in total. The van der Waals surface area contributed by atoms with Gasteiger partial charge in [0.1, 0.15) is 5.75 Å². The van der Waals surface area contributed by atoms with Gasteiger partial charge in [0.15, 0.2) is 0 Å². The molecule has 2 aliphatic carbocycles. The van der Waals surface area contributed by atoms with Gasteiger partial charge in [-0.1, -0.05) is 30.7 Å². The summed E-state index contributed by atoms with van der Waals surface area (Å²) < 4.78 is 6.14. The SMILES string of the molecule is CC1(C(=O)NCC2CC(Oc3cccc(CN4CCCC4)c3Cl)C2)CC1.Cl. The summed E-state index contributed by atoms with van der Waals surface area (Å²) in [5.41, 5.74) is 1.08. The largest absolute Gasteiger partial charge is 0.489 e. The Morgan fingerprint density at radius 1 is 1.30 bits per heavy atom. The number of nitrogens with zero attached hydrogens (tertiary/aromatic N) is 1. The maximum Gasteiger partial charge on any atom is 0.225 e. The summed E-state index contributed by atoms with van der Waals surface area (Å²) in [5.74, 6) is 1.55. The summed E-state index contributed by atoms with van der Waals surface area (Å²) in [6.45, 7) is 6.06. The van der Waals surface area contributed by atoms with Gasteiger partial charge in [0.2, 0.25) is 5.91 Å². The van der Waals surface area contributed by atoms with E-state index in [1.54, 1.807) is 0 Å². The topological polar surface area (TPSA) is 41.6 Å². The van der Waals surface area contributed by atoms with E-state index >= 15 is 0 Å². The number of rotatable bonds is 7. The van der Waals surface area contributed by atoms with E-state index in [-0.39, 0.29) is 29.8 Å². The van der Waals surface area contributed by atoms with E-state index in [9.17, 15) is 4.79 Å². The number of amides is 1. The zero-order valence-corrected chi connectivity index (χ0v) is 17.6. The lowest BCUT2D eigenvalue weighted by Crippen LogP contribution is -2.42. The van der Waals surface area contributed by atoms with Crippen LogP contribution in [0, 0.1) is 11.3 Å². The molecule has 1 N–H and O–H groups in total. The lowest BCUT2D eigenvalue weighted by atomic mass is 9.82. The van der Waals surface area contributed by atoms with Crippen molar-refractivity contribution in [2.45, 2.75) is 58.1 Å². The Bertz CT molecular complexity index is 666. The molecule has 1 aliphatic heterocycles. The van der Waals surface area contributed by atoms with Crippen LogP contribution in [0.25, 0.3) is 0 Å². The average Bonchev–Trinajstić information content (AvgIpc) is 3.14. The normalized spacial score (nSPS) is 26.0. The van der Waals surface area contributed by atoms with E-state index in [1.807, 2.05) is 19.1 Å². The van der Waals surface area contributed by atoms with E-state index < -0.39 is 0 Å². The molecule has 0 radical (unpaired) electrons. The number of nitrogens with one attached hydrogen (secondary N) is 1. The standard InChI is InChI=1S/C21H29ClN2O2.ClH/c1-21(7-8-21)20(25)23-13-15-11-17(12-15)26-18-6-4-5-16(19(18)22)14-24-9-2-3-10-24;/h4-6,15,17H,2-3,7-14H2,1H3,(H,23,25);1H. The van der Waals surface area contributed by atoms with Gasteiger partial charge in [-0.3, -0.25) is 9.69 Å². The smallest absolute Gasteiger partial charge is 0.225 e. The first-order valence-electron chi connectivity index (χ1n) is 9.98. The molecule has 0 unspecified atom stereocenters. The highest BCUT2D eigenvalue weighted by Crippen LogP contribution is 2.45. The van der Waals surface area contributed by atoms with Crippen molar-refractivity contribution in [2.75, 3.05) is 19.6 Å². The Balaban J connectivity index is 0.00000210. The quantitative estimate of drug-likeness (QED) is 0.719. The monoisotopic (exact) mass is 412 g/mol. The van der Waals surface area contributed by atoms with Gasteiger partial charge < -0.3 is 10.1 Å². The van der Waals surface area contributed by atoms with Crippen molar-refractivity contribution in [1.29, 1.82) is 0 Å². The van der Waals surface area contributed by atoms with Gasteiger partial charge in [-0.25, -0.2) is 0 Å². The van der Waals surface area contributed by atoms with Crippen molar-refractivity contribution in [3.8, 4) is 5.75 Å². The van der Waals surface area contributed by atoms with Crippen LogP contribution in [-0.2, 0) is 11.3 Å². The first-order valence-corrected chi connectivity index (χ1v) is 10.4. The lowest BCUT2D eigenvalue weighted by molar-refractivity contribution is -0.126. The minimum Gasteiger partial charge on any atom is -0.489 e. The highest BCUT2D eigenvalue weighted by Gasteiger charge is 2.45. The number of hydrogen-bond donors (Lipinski definition) is 1. The van der Waals surface area contributed by atoms with Crippen LogP contribution < -0.4 is 10.1 Å². The number of carbonyl (C=O) groups excluding carboxylic acids is 1. The Morgan fingerprint density at radius 2 is 2.00 bits per heavy atom. The van der Waals surface area contributed by atoms with Crippen LogP contribution in [0.4, 0.5) is 0 Å². The second kappa shape index (κ2) is 8.59. The first kappa shape index (κ1) is 20.8. The molecule has 4 rings (SSSR count). The number of ether oxygens (including phenoxy) is 1. The second-order valence-electron chi connectivity index (χ2n) is 8.56. The van der Waals surface area contributed by atoms with Crippen LogP contribution in [-0.4, -0.2) is 36.5 Å². The number of hydrogen-bond acceptors (Lipinski definition) is 3. The van der Waals surface area contributed by atoms with Crippen molar-refractivity contribution >= 4 is 29.9 Å². The predicted octanol–water partition coefficient (Wildman–Crippen LogP) is 4.43. The van der Waals surface area contributed by atoms with Crippen LogP contribution in [0.2, 0.25) is 5.02 Å². The molecule has 3 fully saturated rings. The Hall–Kier alpha value is -0.970. The zero-order chi connectivity index (χ0) is 18.1. The van der Waals surface area contributed by atoms with E-state index in [1.165, 1.54) is 12.8 Å². The van der Waals surface area contributed by atoms with E-state index in [0.717, 1.165) is 68.2 Å². The summed E-state index contributed by atoms with van der Waals surface area (Å²) in [6.07, 6.45) is 6.82. The van der Waals surface area contributed by atoms with Gasteiger partial charge in [0.05, 0.1) is 11.1 Å². The molecule has 1 saturated heterocycles. The molecule has 3 aliphatic rings. The van der Waals surface area contributed by atoms with Gasteiger partial charge in [0.25, 0.3) is 0 Å². The molecule has 0 bridgehead atoms. The molecule has 2 saturated carbocycles. The fourth-order valence-electron chi connectivity index (χ4n) is 3.93. The molecule has 1 aromatic rings. The molecule has 0 spiro atoms. The number of halogens is 2. The Morgan fingerprint density at radius 3 is 2.67 bits per heavy atom. The third-order valence-corrected chi connectivity index (χ3v) is 6.65. The molecular formula is C21H30Cl2N2O2. The van der Waals surface area contributed by atoms with E-state index in [4.69, 9.17) is 16.3 Å². The van der Waals surface area contributed by atoms with Crippen LogP contribution in [0.3, 0.4) is 0 Å². The third-order valence-electron chi connectivity index (χ3n) is 6.22. The minimum absolute atomic E-state index is 0. The lowest BCUT2D eigenvalue weighted by Gasteiger charge is -2.36. The number of likely N-dealkylation sites (tertiary alicyclic amines) is 1. The Kier molecular flexibility index (Phi) is 6.60. The van der Waals surface area contributed by atoms with Crippen LogP contribution >= 0.6 is 24.0 Å². The molecule has 6 heteroatoms. The maximum atomic E-state index is 12.0. The summed E-state index contributed by atoms with van der Waals surface area (Å²) in [4.78, 5) is 14.5. The summed E-state index contributed by atoms with van der Waals surface area (Å²) in [6, 6.07) is 6.11. The van der Waals surface area contributed by atoms with Crippen molar-refractivity contribution in [2.24, 2.45) is 11.3 Å². The van der Waals surface area contributed by atoms with Crippen molar-refractivity contribution < 1.29 is 9.53 Å². The summed E-state index contributed by atoms with van der Waals surface area (Å²) >= 11 is 6.60. The highest BCUT2D eigenvalue weighted by molar-refractivity contribution is 6.32. The molecule has 1 amide bonds. The minimum atomic E-state index is -0.0804. The van der Waals surface area contributed by atoms with Gasteiger partial charge in [-0.15, -0.1) is 12.4 Å². The van der Waals surface area contributed by atoms with Crippen molar-refractivity contribution in [1.82, 2.24) is 10.2 Å². The molecular weight excluding hydrogens is 383 g/mol. The summed E-state index contributed by atoms with van der Waals surface area (Å²) in [7, 11) is 0. The van der Waals surface area contributed by atoms with Crippen molar-refractivity contribution in [3.05, 3.63) is 28.8 Å². The Labute approximate surface area is 173 Å². The van der Waals surface area contributed by atoms with Crippen molar-refractivity contribution in [3.63, 3.8) is 0 Å². The van der Waals surface area contributed by atoms with Gasteiger partial charge in [0, 0.05) is 18.5 Å². The van der Waals surface area contributed by atoms with Gasteiger partial charge in [-0.05, 0) is 69.2 Å². The van der Waals surface area contributed by atoms with Gasteiger partial charge in [-0.2, -0.15) is 0 Å². The zero-order valence-electron chi connectivity index (χ0n) is 16.0. The molecule has 0 aromatic heterocycles. The predicted molar refractivity (Wildman–Crippen MR) is 111 cm³/mol. The van der Waals surface area contributed by atoms with Crippen LogP contribution in [0.1, 0.15) is 51.0 Å². The van der Waals surface area contributed by atoms with Crippen LogP contribution in [0.15, 0.2) is 18.2 Å². The number of carbonyl (C=O) groups is 1. The summed E-state index contributed by atoms with van der Waals surface area (Å²) in [5, 5.41) is 3.87. The maximum absolute atomic E-state index is 12.0. The fourth-order valence-corrected chi connectivity index (χ4v) is 4.16. The molecule has 0 atom stereocenters. The average molecular weight is 413 g/mol. The highest BCUT2D eigenvalue weighted by atomic mass is 35.5. The number of benzene rings is 1. The van der Waals surface area contributed by atoms with E-state index in [0.29, 0.717) is 5.92 Å². The fraction of sp³-hybridized carbons (Fsp3) is 0.667. The molecule has 27 heavy (non-hydrogen) atoms. The second-order valence-corrected chi connectivity index (χ2v) is 8.94. The molecule has 150 valence electrons. The van der Waals surface area contributed by atoms with Crippen LogP contribution in [0.5, 0.6) is 5.75 Å². The third kappa shape index (κ3) is 4.90. The van der Waals surface area contributed by atoms with E-state index in [2.05, 4.69) is 16.3 Å². The first-order chi connectivity index (χ1) is 12.5. The molecule has 1 aromatic carbocycles. The molecule has 1 heterocycles.